The first-order chi connectivity index (χ1) is 9.86. The lowest BCUT2D eigenvalue weighted by Gasteiger charge is -2.36. The van der Waals surface area contributed by atoms with Crippen molar-refractivity contribution in [2.75, 3.05) is 13.1 Å². The van der Waals surface area contributed by atoms with Gasteiger partial charge in [0.1, 0.15) is 11.8 Å². The predicted octanol–water partition coefficient (Wildman–Crippen LogP) is 2.06. The standard InChI is InChI=1S/C16H22N4/c17-10-16-13(4-3-8-18-16)12-20-9-2-1-5-15(20)11-19-14-6-7-14/h3-4,8,14-15,19H,1-2,5-7,9,11-12H2. The zero-order valence-corrected chi connectivity index (χ0v) is 11.9. The van der Waals surface area contributed by atoms with E-state index in [0.29, 0.717) is 11.7 Å². The van der Waals surface area contributed by atoms with Gasteiger partial charge in [-0.05, 0) is 38.3 Å². The van der Waals surface area contributed by atoms with Crippen molar-refractivity contribution in [3.8, 4) is 6.07 Å². The normalized spacial score (nSPS) is 23.4. The molecule has 1 unspecified atom stereocenters. The van der Waals surface area contributed by atoms with Gasteiger partial charge in [0, 0.05) is 36.9 Å². The van der Waals surface area contributed by atoms with Gasteiger partial charge in [0.15, 0.2) is 0 Å². The van der Waals surface area contributed by atoms with Gasteiger partial charge in [-0.2, -0.15) is 5.26 Å². The molecule has 2 heterocycles. The maximum Gasteiger partial charge on any atom is 0.144 e. The maximum atomic E-state index is 9.15. The van der Waals surface area contributed by atoms with E-state index in [1.165, 1.54) is 32.1 Å². The first-order valence-electron chi connectivity index (χ1n) is 7.68. The van der Waals surface area contributed by atoms with Crippen LogP contribution in [-0.2, 0) is 6.54 Å². The van der Waals surface area contributed by atoms with Crippen LogP contribution in [0.4, 0.5) is 0 Å². The molecule has 0 bridgehead atoms. The molecule has 1 N–H and O–H groups in total. The average molecular weight is 270 g/mol. The summed E-state index contributed by atoms with van der Waals surface area (Å²) in [5, 5.41) is 12.8. The Balaban J connectivity index is 1.64. The van der Waals surface area contributed by atoms with Crippen LogP contribution in [0.3, 0.4) is 0 Å². The first-order valence-corrected chi connectivity index (χ1v) is 7.68. The number of piperidine rings is 1. The highest BCUT2D eigenvalue weighted by Gasteiger charge is 2.26. The van der Waals surface area contributed by atoms with Gasteiger partial charge in [0.2, 0.25) is 0 Å². The molecule has 1 atom stereocenters. The molecular weight excluding hydrogens is 248 g/mol. The largest absolute Gasteiger partial charge is 0.312 e. The van der Waals surface area contributed by atoms with E-state index < -0.39 is 0 Å². The molecule has 0 amide bonds. The summed E-state index contributed by atoms with van der Waals surface area (Å²) in [6.45, 7) is 3.08. The number of rotatable bonds is 5. The van der Waals surface area contributed by atoms with Crippen LogP contribution in [0, 0.1) is 11.3 Å². The van der Waals surface area contributed by atoms with E-state index in [0.717, 1.165) is 31.2 Å². The van der Waals surface area contributed by atoms with Crippen molar-refractivity contribution in [3.05, 3.63) is 29.6 Å². The van der Waals surface area contributed by atoms with Gasteiger partial charge in [0.25, 0.3) is 0 Å². The molecule has 1 aromatic rings. The van der Waals surface area contributed by atoms with E-state index >= 15 is 0 Å². The Morgan fingerprint density at radius 3 is 3.05 bits per heavy atom. The monoisotopic (exact) mass is 270 g/mol. The molecule has 1 saturated heterocycles. The Hall–Kier alpha value is -1.44. The van der Waals surface area contributed by atoms with Crippen molar-refractivity contribution >= 4 is 0 Å². The van der Waals surface area contributed by atoms with Crippen molar-refractivity contribution in [2.45, 2.75) is 50.7 Å². The quantitative estimate of drug-likeness (QED) is 0.890. The Bertz CT molecular complexity index is 489. The highest BCUT2D eigenvalue weighted by atomic mass is 15.2. The Morgan fingerprint density at radius 2 is 2.25 bits per heavy atom. The molecular formula is C16H22N4. The Morgan fingerprint density at radius 1 is 1.35 bits per heavy atom. The molecule has 1 aliphatic carbocycles. The number of hydrogen-bond donors (Lipinski definition) is 1. The lowest BCUT2D eigenvalue weighted by Crippen LogP contribution is -2.45. The Labute approximate surface area is 120 Å². The molecule has 106 valence electrons. The molecule has 4 nitrogen and oxygen atoms in total. The maximum absolute atomic E-state index is 9.15. The molecule has 20 heavy (non-hydrogen) atoms. The summed E-state index contributed by atoms with van der Waals surface area (Å²) >= 11 is 0. The second kappa shape index (κ2) is 6.34. The van der Waals surface area contributed by atoms with E-state index in [1.54, 1.807) is 6.20 Å². The third-order valence-electron chi connectivity index (χ3n) is 4.34. The van der Waals surface area contributed by atoms with E-state index in [4.69, 9.17) is 5.26 Å². The van der Waals surface area contributed by atoms with Crippen LogP contribution < -0.4 is 5.32 Å². The number of nitrogens with one attached hydrogen (secondary N) is 1. The molecule has 0 radical (unpaired) electrons. The van der Waals surface area contributed by atoms with E-state index in [2.05, 4.69) is 21.3 Å². The summed E-state index contributed by atoms with van der Waals surface area (Å²) in [6, 6.07) is 7.55. The van der Waals surface area contributed by atoms with Crippen LogP contribution in [0.1, 0.15) is 43.4 Å². The van der Waals surface area contributed by atoms with Crippen LogP contribution in [0.25, 0.3) is 0 Å². The van der Waals surface area contributed by atoms with Gasteiger partial charge >= 0.3 is 0 Å². The summed E-state index contributed by atoms with van der Waals surface area (Å²) in [5.74, 6) is 0. The summed E-state index contributed by atoms with van der Waals surface area (Å²) < 4.78 is 0. The summed E-state index contributed by atoms with van der Waals surface area (Å²) in [5.41, 5.74) is 1.64. The fourth-order valence-electron chi connectivity index (χ4n) is 2.98. The van der Waals surface area contributed by atoms with Crippen molar-refractivity contribution in [2.24, 2.45) is 0 Å². The second-order valence-corrected chi connectivity index (χ2v) is 5.93. The van der Waals surface area contributed by atoms with Crippen molar-refractivity contribution in [1.82, 2.24) is 15.2 Å². The lowest BCUT2D eigenvalue weighted by molar-refractivity contribution is 0.137. The highest BCUT2D eigenvalue weighted by Crippen LogP contribution is 2.23. The van der Waals surface area contributed by atoms with E-state index in [9.17, 15) is 0 Å². The average Bonchev–Trinajstić information content (AvgIpc) is 3.31. The number of likely N-dealkylation sites (tertiary alicyclic amines) is 1. The van der Waals surface area contributed by atoms with Gasteiger partial charge in [-0.25, -0.2) is 4.98 Å². The zero-order chi connectivity index (χ0) is 13.8. The topological polar surface area (TPSA) is 52.0 Å². The summed E-state index contributed by atoms with van der Waals surface area (Å²) in [4.78, 5) is 6.69. The smallest absolute Gasteiger partial charge is 0.144 e. The van der Waals surface area contributed by atoms with Gasteiger partial charge in [-0.3, -0.25) is 4.90 Å². The third-order valence-corrected chi connectivity index (χ3v) is 4.34. The molecule has 1 aromatic heterocycles. The number of pyridine rings is 1. The van der Waals surface area contributed by atoms with Crippen LogP contribution >= 0.6 is 0 Å². The number of aromatic nitrogens is 1. The molecule has 2 fully saturated rings. The lowest BCUT2D eigenvalue weighted by atomic mass is 10.0. The molecule has 0 spiro atoms. The van der Waals surface area contributed by atoms with Crippen molar-refractivity contribution in [3.63, 3.8) is 0 Å². The summed E-state index contributed by atoms with van der Waals surface area (Å²) in [7, 11) is 0. The number of nitriles is 1. The second-order valence-electron chi connectivity index (χ2n) is 5.93. The van der Waals surface area contributed by atoms with Crippen LogP contribution in [-0.4, -0.2) is 35.1 Å². The molecule has 1 aliphatic heterocycles. The zero-order valence-electron chi connectivity index (χ0n) is 11.9. The molecule has 3 rings (SSSR count). The third kappa shape index (κ3) is 3.36. The Kier molecular flexibility index (Phi) is 4.29. The number of hydrogen-bond acceptors (Lipinski definition) is 4. The minimum absolute atomic E-state index is 0.576. The van der Waals surface area contributed by atoms with Gasteiger partial charge < -0.3 is 5.32 Å². The number of nitrogens with zero attached hydrogens (tertiary/aromatic N) is 3. The van der Waals surface area contributed by atoms with Gasteiger partial charge in [0.05, 0.1) is 0 Å². The van der Waals surface area contributed by atoms with E-state index in [-0.39, 0.29) is 0 Å². The summed E-state index contributed by atoms with van der Waals surface area (Å²) in [6.07, 6.45) is 8.24. The van der Waals surface area contributed by atoms with E-state index in [1.807, 2.05) is 12.1 Å². The fourth-order valence-corrected chi connectivity index (χ4v) is 2.98. The molecule has 1 saturated carbocycles. The van der Waals surface area contributed by atoms with Crippen molar-refractivity contribution in [1.29, 1.82) is 5.26 Å². The SMILES string of the molecule is N#Cc1ncccc1CN1CCCCC1CNC1CC1. The first kappa shape index (κ1) is 13.5. The van der Waals surface area contributed by atoms with Crippen LogP contribution in [0.2, 0.25) is 0 Å². The molecule has 4 heteroatoms. The van der Waals surface area contributed by atoms with Crippen LogP contribution in [0.5, 0.6) is 0 Å². The van der Waals surface area contributed by atoms with Gasteiger partial charge in [-0.15, -0.1) is 0 Å². The van der Waals surface area contributed by atoms with Crippen molar-refractivity contribution < 1.29 is 0 Å². The van der Waals surface area contributed by atoms with Gasteiger partial charge in [-0.1, -0.05) is 12.5 Å². The minimum atomic E-state index is 0.576. The highest BCUT2D eigenvalue weighted by molar-refractivity contribution is 5.30. The predicted molar refractivity (Wildman–Crippen MR) is 78.0 cm³/mol. The molecule has 0 aromatic carbocycles. The van der Waals surface area contributed by atoms with Crippen LogP contribution in [0.15, 0.2) is 18.3 Å². The fraction of sp³-hybridized carbons (Fsp3) is 0.625. The molecule has 2 aliphatic rings. The minimum Gasteiger partial charge on any atom is -0.312 e.